The lowest BCUT2D eigenvalue weighted by molar-refractivity contribution is -0.122. The Kier molecular flexibility index (Phi) is 6.33. The number of aryl methyl sites for hydroxylation is 1. The summed E-state index contributed by atoms with van der Waals surface area (Å²) in [6, 6.07) is 20.6. The predicted octanol–water partition coefficient (Wildman–Crippen LogP) is 4.12. The summed E-state index contributed by atoms with van der Waals surface area (Å²) in [4.78, 5) is 13.3. The second-order valence-electron chi connectivity index (χ2n) is 8.05. The lowest BCUT2D eigenvalue weighted by Gasteiger charge is -2.34. The van der Waals surface area contributed by atoms with Gasteiger partial charge in [-0.2, -0.15) is 0 Å². The lowest BCUT2D eigenvalue weighted by Crippen LogP contribution is -2.48. The summed E-state index contributed by atoms with van der Waals surface area (Å²) >= 11 is 1.20. The molecule has 0 saturated heterocycles. The third kappa shape index (κ3) is 4.62. The summed E-state index contributed by atoms with van der Waals surface area (Å²) < 4.78 is 39.3. The summed E-state index contributed by atoms with van der Waals surface area (Å²) in [5.74, 6) is 0.499. The molecule has 0 fully saturated rings. The summed E-state index contributed by atoms with van der Waals surface area (Å²) in [5, 5.41) is 11.8. The molecule has 0 aliphatic carbocycles. The highest BCUT2D eigenvalue weighted by Crippen LogP contribution is 2.37. The van der Waals surface area contributed by atoms with Crippen molar-refractivity contribution in [1.82, 2.24) is 10.2 Å². The van der Waals surface area contributed by atoms with Crippen LogP contribution in [0.4, 0.5) is 10.8 Å². The van der Waals surface area contributed by atoms with Gasteiger partial charge in [0.05, 0.1) is 24.2 Å². The summed E-state index contributed by atoms with van der Waals surface area (Å²) in [5.41, 5.74) is 2.14. The van der Waals surface area contributed by atoms with E-state index >= 15 is 0 Å². The SMILES string of the molecule is COc1ccc(-c2nnc(NC(=O)[C@@H]3CN(S(=O)(=O)c4ccc(C)cc4)c4ccccc4O3)s2)cc1. The van der Waals surface area contributed by atoms with Gasteiger partial charge in [0.2, 0.25) is 5.13 Å². The van der Waals surface area contributed by atoms with Crippen LogP contribution in [-0.4, -0.2) is 44.3 Å². The average Bonchev–Trinajstić information content (AvgIpc) is 3.36. The number of hydrogen-bond donors (Lipinski definition) is 1. The second-order valence-corrected chi connectivity index (χ2v) is 10.9. The Bertz CT molecular complexity index is 1500. The maximum absolute atomic E-state index is 13.5. The number of nitrogens with zero attached hydrogens (tertiary/aromatic N) is 3. The van der Waals surface area contributed by atoms with E-state index < -0.39 is 22.0 Å². The van der Waals surface area contributed by atoms with Crippen LogP contribution in [0, 0.1) is 6.92 Å². The van der Waals surface area contributed by atoms with Crippen LogP contribution >= 0.6 is 11.3 Å². The minimum absolute atomic E-state index is 0.136. The minimum Gasteiger partial charge on any atom is -0.497 e. The van der Waals surface area contributed by atoms with Crippen LogP contribution in [0.1, 0.15) is 5.56 Å². The first-order chi connectivity index (χ1) is 17.3. The van der Waals surface area contributed by atoms with Crippen LogP contribution in [0.5, 0.6) is 11.5 Å². The first kappa shape index (κ1) is 23.8. The number of amides is 1. The normalized spacial score (nSPS) is 15.1. The molecule has 1 amide bonds. The van der Waals surface area contributed by atoms with Crippen molar-refractivity contribution >= 4 is 38.1 Å². The van der Waals surface area contributed by atoms with Gasteiger partial charge in [-0.3, -0.25) is 14.4 Å². The number of fused-ring (bicyclic) bond motifs is 1. The molecule has 0 radical (unpaired) electrons. The summed E-state index contributed by atoms with van der Waals surface area (Å²) in [6.45, 7) is 1.69. The zero-order chi connectivity index (χ0) is 25.3. The van der Waals surface area contributed by atoms with Gasteiger partial charge in [-0.15, -0.1) is 10.2 Å². The molecule has 0 saturated carbocycles. The molecule has 4 aromatic rings. The maximum Gasteiger partial charge on any atom is 0.269 e. The number of benzene rings is 3. The molecular weight excluding hydrogens is 500 g/mol. The molecule has 1 aliphatic rings. The molecule has 36 heavy (non-hydrogen) atoms. The van der Waals surface area contributed by atoms with Gasteiger partial charge >= 0.3 is 0 Å². The predicted molar refractivity (Wildman–Crippen MR) is 137 cm³/mol. The molecule has 5 rings (SSSR count). The van der Waals surface area contributed by atoms with E-state index in [9.17, 15) is 13.2 Å². The van der Waals surface area contributed by atoms with E-state index in [1.807, 2.05) is 31.2 Å². The van der Waals surface area contributed by atoms with Crippen molar-refractivity contribution in [3.8, 4) is 22.1 Å². The topological polar surface area (TPSA) is 111 Å². The molecule has 11 heteroatoms. The maximum atomic E-state index is 13.5. The smallest absolute Gasteiger partial charge is 0.269 e. The van der Waals surface area contributed by atoms with Crippen molar-refractivity contribution in [1.29, 1.82) is 0 Å². The largest absolute Gasteiger partial charge is 0.497 e. The van der Waals surface area contributed by atoms with E-state index in [1.54, 1.807) is 55.6 Å². The molecule has 2 heterocycles. The fraction of sp³-hybridized carbons (Fsp3) is 0.160. The van der Waals surface area contributed by atoms with Gasteiger partial charge in [0.25, 0.3) is 15.9 Å². The van der Waals surface area contributed by atoms with Crippen LogP contribution in [0.15, 0.2) is 77.7 Å². The number of carbonyl (C=O) groups is 1. The fourth-order valence-corrected chi connectivity index (χ4v) is 5.94. The van der Waals surface area contributed by atoms with Gasteiger partial charge in [0, 0.05) is 5.56 Å². The van der Waals surface area contributed by atoms with Crippen LogP contribution < -0.4 is 19.1 Å². The monoisotopic (exact) mass is 522 g/mol. The number of ether oxygens (including phenoxy) is 2. The zero-order valence-electron chi connectivity index (χ0n) is 19.4. The molecule has 1 aromatic heterocycles. The Morgan fingerprint density at radius 3 is 2.50 bits per heavy atom. The molecule has 184 valence electrons. The molecular formula is C25H22N4O5S2. The highest BCUT2D eigenvalue weighted by atomic mass is 32.2. The fourth-order valence-electron chi connectivity index (χ4n) is 3.71. The van der Waals surface area contributed by atoms with Gasteiger partial charge in [0.15, 0.2) is 6.10 Å². The lowest BCUT2D eigenvalue weighted by atomic mass is 10.2. The third-order valence-electron chi connectivity index (χ3n) is 5.63. The Labute approximate surface area is 212 Å². The third-order valence-corrected chi connectivity index (χ3v) is 8.31. The van der Waals surface area contributed by atoms with E-state index in [0.717, 1.165) is 16.9 Å². The number of sulfonamides is 1. The van der Waals surface area contributed by atoms with Crippen LogP contribution in [0.3, 0.4) is 0 Å². The molecule has 9 nitrogen and oxygen atoms in total. The molecule has 1 aliphatic heterocycles. The first-order valence-electron chi connectivity index (χ1n) is 11.0. The Hall–Kier alpha value is -3.96. The average molecular weight is 523 g/mol. The van der Waals surface area contributed by atoms with Crippen molar-refractivity contribution < 1.29 is 22.7 Å². The number of methoxy groups -OCH3 is 1. The van der Waals surface area contributed by atoms with Crippen molar-refractivity contribution in [2.75, 3.05) is 23.3 Å². The van der Waals surface area contributed by atoms with Crippen molar-refractivity contribution in [3.05, 3.63) is 78.4 Å². The summed E-state index contributed by atoms with van der Waals surface area (Å²) in [7, 11) is -2.34. The quantitative estimate of drug-likeness (QED) is 0.406. The Morgan fingerprint density at radius 1 is 1.06 bits per heavy atom. The molecule has 3 aromatic carbocycles. The number of hydrogen-bond acceptors (Lipinski definition) is 8. The molecule has 1 atom stereocenters. The van der Waals surface area contributed by atoms with E-state index in [1.165, 1.54) is 15.6 Å². The first-order valence-corrected chi connectivity index (χ1v) is 13.2. The highest BCUT2D eigenvalue weighted by molar-refractivity contribution is 7.92. The van der Waals surface area contributed by atoms with Crippen molar-refractivity contribution in [2.45, 2.75) is 17.9 Å². The highest BCUT2D eigenvalue weighted by Gasteiger charge is 2.37. The van der Waals surface area contributed by atoms with Crippen LogP contribution in [-0.2, 0) is 14.8 Å². The Balaban J connectivity index is 1.38. The molecule has 1 N–H and O–H groups in total. The second kappa shape index (κ2) is 9.59. The Morgan fingerprint density at radius 2 is 1.78 bits per heavy atom. The van der Waals surface area contributed by atoms with Gasteiger partial charge in [-0.25, -0.2) is 8.42 Å². The van der Waals surface area contributed by atoms with Gasteiger partial charge in [-0.05, 0) is 55.5 Å². The molecule has 0 unspecified atom stereocenters. The minimum atomic E-state index is -3.93. The van der Waals surface area contributed by atoms with E-state index in [0.29, 0.717) is 16.4 Å². The van der Waals surface area contributed by atoms with Crippen molar-refractivity contribution in [2.24, 2.45) is 0 Å². The van der Waals surface area contributed by atoms with E-state index in [4.69, 9.17) is 9.47 Å². The standard InChI is InChI=1S/C25H22N4O5S2/c1-16-7-13-19(14-8-16)36(31,32)29-15-22(34-21-6-4-3-5-20(21)29)23(30)26-25-28-27-24(35-25)17-9-11-18(33-2)12-10-17/h3-14,22H,15H2,1-2H3,(H,26,28,30)/t22-/m0/s1. The molecule has 0 bridgehead atoms. The van der Waals surface area contributed by atoms with Gasteiger partial charge in [0.1, 0.15) is 16.5 Å². The number of carbonyl (C=O) groups excluding carboxylic acids is 1. The number of rotatable bonds is 6. The number of nitrogens with one attached hydrogen (secondary N) is 1. The van der Waals surface area contributed by atoms with E-state index in [-0.39, 0.29) is 16.6 Å². The van der Waals surface area contributed by atoms with Crippen LogP contribution in [0.2, 0.25) is 0 Å². The van der Waals surface area contributed by atoms with Gasteiger partial charge < -0.3 is 9.47 Å². The number of anilines is 2. The van der Waals surface area contributed by atoms with Gasteiger partial charge in [-0.1, -0.05) is 41.2 Å². The molecule has 0 spiro atoms. The van der Waals surface area contributed by atoms with Crippen molar-refractivity contribution in [3.63, 3.8) is 0 Å². The zero-order valence-corrected chi connectivity index (χ0v) is 21.0. The number of aromatic nitrogens is 2. The number of para-hydroxylation sites is 2. The summed E-state index contributed by atoms with van der Waals surface area (Å²) in [6.07, 6.45) is -1.09. The van der Waals surface area contributed by atoms with Crippen LogP contribution in [0.25, 0.3) is 10.6 Å². The van der Waals surface area contributed by atoms with E-state index in [2.05, 4.69) is 15.5 Å².